The maximum Gasteiger partial charge on any atom is 0.00991 e. The molecule has 5 rings (SSSR count). The molecule has 0 saturated carbocycles. The molecule has 0 N–H and O–H groups in total. The standard InChI is InChI=1S/C23H18/c1-2-8-18-15-23-19(14-17(18)7-1)9-5-11-21(23)22-13-12-16-6-3-4-10-20(16)22/h1-10,12-15,21-22H,11H2. The smallest absolute Gasteiger partial charge is 0.00991 e. The first-order chi connectivity index (χ1) is 11.4. The first-order valence-corrected chi connectivity index (χ1v) is 8.36. The average Bonchev–Trinajstić information content (AvgIpc) is 3.03. The molecule has 0 amide bonds. The Morgan fingerprint density at radius 1 is 0.696 bits per heavy atom. The molecule has 2 aliphatic rings. The van der Waals surface area contributed by atoms with Crippen LogP contribution in [-0.2, 0) is 0 Å². The fourth-order valence-electron chi connectivity index (χ4n) is 4.18. The molecule has 0 radical (unpaired) electrons. The van der Waals surface area contributed by atoms with Crippen LogP contribution in [0.5, 0.6) is 0 Å². The second-order valence-electron chi connectivity index (χ2n) is 6.59. The van der Waals surface area contributed by atoms with Gasteiger partial charge in [0.25, 0.3) is 0 Å². The van der Waals surface area contributed by atoms with Crippen LogP contribution in [-0.4, -0.2) is 0 Å². The number of fused-ring (bicyclic) bond motifs is 3. The van der Waals surface area contributed by atoms with Crippen LogP contribution >= 0.6 is 0 Å². The van der Waals surface area contributed by atoms with Crippen LogP contribution in [0.1, 0.15) is 40.5 Å². The van der Waals surface area contributed by atoms with Gasteiger partial charge in [0.1, 0.15) is 0 Å². The average molecular weight is 294 g/mol. The summed E-state index contributed by atoms with van der Waals surface area (Å²) in [5, 5.41) is 2.68. The molecular weight excluding hydrogens is 276 g/mol. The summed E-state index contributed by atoms with van der Waals surface area (Å²) in [6, 6.07) is 22.3. The van der Waals surface area contributed by atoms with E-state index in [0.29, 0.717) is 11.8 Å². The Morgan fingerprint density at radius 3 is 2.39 bits per heavy atom. The van der Waals surface area contributed by atoms with E-state index in [1.54, 1.807) is 0 Å². The highest BCUT2D eigenvalue weighted by molar-refractivity contribution is 5.87. The number of rotatable bonds is 1. The molecule has 3 aromatic carbocycles. The first-order valence-electron chi connectivity index (χ1n) is 8.36. The Morgan fingerprint density at radius 2 is 1.48 bits per heavy atom. The fraction of sp³-hybridized carbons (Fsp3) is 0.130. The summed E-state index contributed by atoms with van der Waals surface area (Å²) in [6.45, 7) is 0. The molecule has 0 heteroatoms. The van der Waals surface area contributed by atoms with Gasteiger partial charge in [0, 0.05) is 5.92 Å². The van der Waals surface area contributed by atoms with E-state index < -0.39 is 0 Å². The lowest BCUT2D eigenvalue weighted by molar-refractivity contribution is 0.628. The number of benzene rings is 3. The quantitative estimate of drug-likeness (QED) is 0.505. The summed E-state index contributed by atoms with van der Waals surface area (Å²) in [6.07, 6.45) is 10.4. The molecule has 110 valence electrons. The van der Waals surface area contributed by atoms with Gasteiger partial charge in [-0.2, -0.15) is 0 Å². The fourth-order valence-corrected chi connectivity index (χ4v) is 4.18. The van der Waals surface area contributed by atoms with E-state index in [9.17, 15) is 0 Å². The Bertz CT molecular complexity index is 959. The van der Waals surface area contributed by atoms with Gasteiger partial charge in [0.05, 0.1) is 0 Å². The molecule has 0 aliphatic heterocycles. The van der Waals surface area contributed by atoms with E-state index in [4.69, 9.17) is 0 Å². The largest absolute Gasteiger partial charge is 0.0833 e. The van der Waals surface area contributed by atoms with Crippen molar-refractivity contribution in [3.63, 3.8) is 0 Å². The maximum absolute atomic E-state index is 2.41. The Balaban J connectivity index is 1.66. The van der Waals surface area contributed by atoms with Crippen LogP contribution in [0.2, 0.25) is 0 Å². The van der Waals surface area contributed by atoms with Crippen LogP contribution < -0.4 is 0 Å². The van der Waals surface area contributed by atoms with Gasteiger partial charge < -0.3 is 0 Å². The Kier molecular flexibility index (Phi) is 2.78. The highest BCUT2D eigenvalue weighted by atomic mass is 14.3. The summed E-state index contributed by atoms with van der Waals surface area (Å²) in [4.78, 5) is 0. The van der Waals surface area contributed by atoms with Crippen molar-refractivity contribution in [2.24, 2.45) is 0 Å². The summed E-state index contributed by atoms with van der Waals surface area (Å²) >= 11 is 0. The molecule has 0 nitrogen and oxygen atoms in total. The Hall–Kier alpha value is -2.60. The highest BCUT2D eigenvalue weighted by Gasteiger charge is 2.29. The number of hydrogen-bond acceptors (Lipinski definition) is 0. The van der Waals surface area contributed by atoms with Crippen molar-refractivity contribution < 1.29 is 0 Å². The number of allylic oxidation sites excluding steroid dienone is 2. The molecule has 0 saturated heterocycles. The molecule has 0 fully saturated rings. The Labute approximate surface area is 136 Å². The van der Waals surface area contributed by atoms with Gasteiger partial charge in [-0.15, -0.1) is 0 Å². The van der Waals surface area contributed by atoms with Crippen molar-refractivity contribution in [2.45, 2.75) is 18.3 Å². The van der Waals surface area contributed by atoms with Crippen LogP contribution in [0.3, 0.4) is 0 Å². The molecule has 2 aliphatic carbocycles. The summed E-state index contributed by atoms with van der Waals surface area (Å²) in [5.74, 6) is 1.04. The van der Waals surface area contributed by atoms with Gasteiger partial charge in [-0.1, -0.05) is 78.9 Å². The van der Waals surface area contributed by atoms with Crippen LogP contribution in [0.25, 0.3) is 22.9 Å². The first kappa shape index (κ1) is 12.9. The monoisotopic (exact) mass is 294 g/mol. The third kappa shape index (κ3) is 1.98. The van der Waals surface area contributed by atoms with E-state index in [0.717, 1.165) is 6.42 Å². The van der Waals surface area contributed by atoms with Crippen molar-refractivity contribution in [1.82, 2.24) is 0 Å². The third-order valence-electron chi connectivity index (χ3n) is 5.31. The van der Waals surface area contributed by atoms with Crippen LogP contribution in [0, 0.1) is 0 Å². The zero-order valence-electron chi connectivity index (χ0n) is 12.9. The van der Waals surface area contributed by atoms with Crippen molar-refractivity contribution >= 4 is 22.9 Å². The molecule has 0 bridgehead atoms. The van der Waals surface area contributed by atoms with Crippen molar-refractivity contribution in [3.8, 4) is 0 Å². The van der Waals surface area contributed by atoms with Crippen LogP contribution in [0.4, 0.5) is 0 Å². The van der Waals surface area contributed by atoms with Crippen molar-refractivity contribution in [3.05, 3.63) is 95.1 Å². The summed E-state index contributed by atoms with van der Waals surface area (Å²) in [7, 11) is 0. The van der Waals surface area contributed by atoms with Crippen molar-refractivity contribution in [2.75, 3.05) is 0 Å². The van der Waals surface area contributed by atoms with E-state index in [1.165, 1.54) is 33.0 Å². The zero-order valence-corrected chi connectivity index (χ0v) is 12.9. The van der Waals surface area contributed by atoms with Gasteiger partial charge in [-0.25, -0.2) is 0 Å². The lowest BCUT2D eigenvalue weighted by atomic mass is 9.76. The molecule has 2 atom stereocenters. The molecule has 0 aromatic heterocycles. The number of hydrogen-bond donors (Lipinski definition) is 0. The summed E-state index contributed by atoms with van der Waals surface area (Å²) < 4.78 is 0. The predicted octanol–water partition coefficient (Wildman–Crippen LogP) is 6.15. The highest BCUT2D eigenvalue weighted by Crippen LogP contribution is 2.46. The minimum Gasteiger partial charge on any atom is -0.0833 e. The molecule has 23 heavy (non-hydrogen) atoms. The zero-order chi connectivity index (χ0) is 15.2. The summed E-state index contributed by atoms with van der Waals surface area (Å²) in [5.41, 5.74) is 5.75. The van der Waals surface area contributed by atoms with E-state index in [2.05, 4.69) is 85.0 Å². The third-order valence-corrected chi connectivity index (χ3v) is 5.31. The van der Waals surface area contributed by atoms with Gasteiger partial charge in [0.2, 0.25) is 0 Å². The second kappa shape index (κ2) is 4.96. The van der Waals surface area contributed by atoms with Gasteiger partial charge >= 0.3 is 0 Å². The molecule has 3 aromatic rings. The van der Waals surface area contributed by atoms with Gasteiger partial charge in [-0.3, -0.25) is 0 Å². The van der Waals surface area contributed by atoms with Crippen LogP contribution in [0.15, 0.2) is 72.8 Å². The van der Waals surface area contributed by atoms with Crippen molar-refractivity contribution in [1.29, 1.82) is 0 Å². The minimum atomic E-state index is 0.496. The maximum atomic E-state index is 2.41. The topological polar surface area (TPSA) is 0 Å². The second-order valence-corrected chi connectivity index (χ2v) is 6.59. The molecule has 2 unspecified atom stereocenters. The SMILES string of the molecule is C1=Cc2cc3ccccc3cc2C(C2C=Cc3ccccc32)C1. The van der Waals surface area contributed by atoms with E-state index in [-0.39, 0.29) is 0 Å². The molecule has 0 heterocycles. The predicted molar refractivity (Wildman–Crippen MR) is 98.6 cm³/mol. The lowest BCUT2D eigenvalue weighted by Gasteiger charge is -2.28. The van der Waals surface area contributed by atoms with Gasteiger partial charge in [-0.05, 0) is 51.4 Å². The van der Waals surface area contributed by atoms with E-state index in [1.807, 2.05) is 0 Å². The van der Waals surface area contributed by atoms with Gasteiger partial charge in [0.15, 0.2) is 0 Å². The minimum absolute atomic E-state index is 0.496. The molecule has 0 spiro atoms. The molecular formula is C23H18. The lowest BCUT2D eigenvalue weighted by Crippen LogP contribution is -2.11. The van der Waals surface area contributed by atoms with E-state index >= 15 is 0 Å². The normalized spacial score (nSPS) is 21.4.